The van der Waals surface area contributed by atoms with Crippen molar-refractivity contribution in [1.82, 2.24) is 4.31 Å². The van der Waals surface area contributed by atoms with Gasteiger partial charge in [0.1, 0.15) is 5.82 Å². The third-order valence-electron chi connectivity index (χ3n) is 3.41. The summed E-state index contributed by atoms with van der Waals surface area (Å²) in [6.07, 6.45) is 1.60. The Balaban J connectivity index is 2.18. The molecule has 2 rings (SSSR count). The quantitative estimate of drug-likeness (QED) is 0.758. The number of hydrogen-bond acceptors (Lipinski definition) is 3. The molecule has 0 spiro atoms. The van der Waals surface area contributed by atoms with Crippen molar-refractivity contribution in [2.45, 2.75) is 18.7 Å². The first-order valence-corrected chi connectivity index (χ1v) is 8.81. The minimum atomic E-state index is -3.45. The Bertz CT molecular complexity index is 765. The molecule has 6 heteroatoms. The van der Waals surface area contributed by atoms with Crippen LogP contribution in [-0.4, -0.2) is 32.0 Å². The predicted octanol–water partition coefficient (Wildman–Crippen LogP) is 3.61. The standard InChI is InChI=1S/C17H19FN2O2S/c1-3-20(4-2)23(21,22)17-11-9-16(10-12-17)19-13-14-5-7-15(18)8-6-14/h5-13H,3-4H2,1-2H3. The molecular weight excluding hydrogens is 315 g/mol. The van der Waals surface area contributed by atoms with Crippen molar-refractivity contribution in [2.24, 2.45) is 4.99 Å². The van der Waals surface area contributed by atoms with Gasteiger partial charge in [-0.2, -0.15) is 4.31 Å². The van der Waals surface area contributed by atoms with Crippen LogP contribution in [0.4, 0.5) is 10.1 Å². The molecule has 0 aliphatic rings. The van der Waals surface area contributed by atoms with E-state index in [9.17, 15) is 12.8 Å². The van der Waals surface area contributed by atoms with E-state index in [0.29, 0.717) is 18.8 Å². The van der Waals surface area contributed by atoms with Crippen molar-refractivity contribution in [2.75, 3.05) is 13.1 Å². The maximum absolute atomic E-state index is 12.8. The molecule has 0 aliphatic carbocycles. The molecule has 0 saturated heterocycles. The molecular formula is C17H19FN2O2S. The van der Waals surface area contributed by atoms with Crippen molar-refractivity contribution < 1.29 is 12.8 Å². The monoisotopic (exact) mass is 334 g/mol. The van der Waals surface area contributed by atoms with Gasteiger partial charge < -0.3 is 0 Å². The number of nitrogens with zero attached hydrogens (tertiary/aromatic N) is 2. The van der Waals surface area contributed by atoms with Gasteiger partial charge in [-0.3, -0.25) is 4.99 Å². The van der Waals surface area contributed by atoms with E-state index in [1.807, 2.05) is 13.8 Å². The molecule has 2 aromatic rings. The summed E-state index contributed by atoms with van der Waals surface area (Å²) < 4.78 is 39.0. The topological polar surface area (TPSA) is 49.7 Å². The number of aliphatic imine (C=N–C) groups is 1. The van der Waals surface area contributed by atoms with Crippen molar-refractivity contribution >= 4 is 21.9 Å². The van der Waals surface area contributed by atoms with Gasteiger partial charge in [0.25, 0.3) is 0 Å². The Hall–Kier alpha value is -2.05. The molecule has 0 aromatic heterocycles. The van der Waals surface area contributed by atoms with Gasteiger partial charge in [0, 0.05) is 19.3 Å². The van der Waals surface area contributed by atoms with E-state index in [2.05, 4.69) is 4.99 Å². The number of sulfonamides is 1. The predicted molar refractivity (Wildman–Crippen MR) is 90.2 cm³/mol. The SMILES string of the molecule is CCN(CC)S(=O)(=O)c1ccc(N=Cc2ccc(F)cc2)cc1. The molecule has 0 heterocycles. The van der Waals surface area contributed by atoms with Crippen molar-refractivity contribution in [1.29, 1.82) is 0 Å². The maximum atomic E-state index is 12.8. The zero-order valence-electron chi connectivity index (χ0n) is 13.1. The van der Waals surface area contributed by atoms with Crippen molar-refractivity contribution in [3.8, 4) is 0 Å². The molecule has 0 bridgehead atoms. The van der Waals surface area contributed by atoms with Crippen LogP contribution < -0.4 is 0 Å². The first kappa shape index (κ1) is 17.3. The summed E-state index contributed by atoms with van der Waals surface area (Å²) in [5.74, 6) is -0.298. The lowest BCUT2D eigenvalue weighted by molar-refractivity contribution is 0.445. The van der Waals surface area contributed by atoms with E-state index in [-0.39, 0.29) is 10.7 Å². The lowest BCUT2D eigenvalue weighted by Crippen LogP contribution is -2.30. The van der Waals surface area contributed by atoms with Crippen LogP contribution in [0.2, 0.25) is 0 Å². The highest BCUT2D eigenvalue weighted by Crippen LogP contribution is 2.19. The zero-order chi connectivity index (χ0) is 16.9. The highest BCUT2D eigenvalue weighted by molar-refractivity contribution is 7.89. The van der Waals surface area contributed by atoms with E-state index in [4.69, 9.17) is 0 Å². The number of rotatable bonds is 6. The Kier molecular flexibility index (Phi) is 5.63. The van der Waals surface area contributed by atoms with Gasteiger partial charge in [-0.25, -0.2) is 12.8 Å². The molecule has 0 saturated carbocycles. The van der Waals surface area contributed by atoms with Gasteiger partial charge >= 0.3 is 0 Å². The highest BCUT2D eigenvalue weighted by atomic mass is 32.2. The van der Waals surface area contributed by atoms with E-state index >= 15 is 0 Å². The summed E-state index contributed by atoms with van der Waals surface area (Å²) in [7, 11) is -3.45. The van der Waals surface area contributed by atoms with Crippen LogP contribution in [0.3, 0.4) is 0 Å². The summed E-state index contributed by atoms with van der Waals surface area (Å²) in [5.41, 5.74) is 1.40. The van der Waals surface area contributed by atoms with Crippen LogP contribution >= 0.6 is 0 Å². The van der Waals surface area contributed by atoms with E-state index in [0.717, 1.165) is 5.56 Å². The van der Waals surface area contributed by atoms with Crippen LogP contribution in [0.15, 0.2) is 58.4 Å². The third kappa shape index (κ3) is 4.24. The smallest absolute Gasteiger partial charge is 0.243 e. The minimum Gasteiger partial charge on any atom is -0.256 e. The average molecular weight is 334 g/mol. The van der Waals surface area contributed by atoms with Gasteiger partial charge in [0.05, 0.1) is 10.6 Å². The van der Waals surface area contributed by atoms with Crippen LogP contribution in [0.25, 0.3) is 0 Å². The fraction of sp³-hybridized carbons (Fsp3) is 0.235. The minimum absolute atomic E-state index is 0.252. The summed E-state index contributed by atoms with van der Waals surface area (Å²) in [4.78, 5) is 4.51. The van der Waals surface area contributed by atoms with Crippen LogP contribution in [-0.2, 0) is 10.0 Å². The number of hydrogen-bond donors (Lipinski definition) is 0. The maximum Gasteiger partial charge on any atom is 0.243 e. The summed E-state index contributed by atoms with van der Waals surface area (Å²) in [6, 6.07) is 12.4. The second kappa shape index (κ2) is 7.48. The number of benzene rings is 2. The first-order valence-electron chi connectivity index (χ1n) is 7.37. The Morgan fingerprint density at radius 2 is 1.57 bits per heavy atom. The van der Waals surface area contributed by atoms with Gasteiger partial charge in [-0.1, -0.05) is 26.0 Å². The van der Waals surface area contributed by atoms with Crippen LogP contribution in [0.5, 0.6) is 0 Å². The van der Waals surface area contributed by atoms with E-state index in [1.165, 1.54) is 16.4 Å². The van der Waals surface area contributed by atoms with Gasteiger partial charge in [0.15, 0.2) is 0 Å². The summed E-state index contributed by atoms with van der Waals surface area (Å²) in [5, 5.41) is 0. The molecule has 122 valence electrons. The van der Waals surface area contributed by atoms with Crippen LogP contribution in [0.1, 0.15) is 19.4 Å². The molecule has 0 amide bonds. The normalized spacial score (nSPS) is 12.2. The molecule has 4 nitrogen and oxygen atoms in total. The Labute approximate surface area is 136 Å². The fourth-order valence-electron chi connectivity index (χ4n) is 2.11. The molecule has 0 fully saturated rings. The Morgan fingerprint density at radius 1 is 1.00 bits per heavy atom. The molecule has 0 aliphatic heterocycles. The van der Waals surface area contributed by atoms with Gasteiger partial charge in [-0.05, 0) is 42.0 Å². The van der Waals surface area contributed by atoms with Crippen molar-refractivity contribution in [3.05, 3.63) is 59.9 Å². The summed E-state index contributed by atoms with van der Waals surface area (Å²) in [6.45, 7) is 4.48. The molecule has 23 heavy (non-hydrogen) atoms. The molecule has 2 aromatic carbocycles. The van der Waals surface area contributed by atoms with Crippen LogP contribution in [0, 0.1) is 5.82 Å². The number of halogens is 1. The lowest BCUT2D eigenvalue weighted by atomic mass is 10.2. The lowest BCUT2D eigenvalue weighted by Gasteiger charge is -2.18. The first-order chi connectivity index (χ1) is 11.0. The third-order valence-corrected chi connectivity index (χ3v) is 5.48. The van der Waals surface area contributed by atoms with E-state index in [1.54, 1.807) is 42.6 Å². The highest BCUT2D eigenvalue weighted by Gasteiger charge is 2.20. The molecule has 0 atom stereocenters. The Morgan fingerprint density at radius 3 is 2.09 bits per heavy atom. The largest absolute Gasteiger partial charge is 0.256 e. The average Bonchev–Trinajstić information content (AvgIpc) is 2.55. The zero-order valence-corrected chi connectivity index (χ0v) is 13.9. The fourth-order valence-corrected chi connectivity index (χ4v) is 3.57. The van der Waals surface area contributed by atoms with E-state index < -0.39 is 10.0 Å². The molecule has 0 unspecified atom stereocenters. The second-order valence-corrected chi connectivity index (χ2v) is 6.83. The molecule has 0 radical (unpaired) electrons. The van der Waals surface area contributed by atoms with Gasteiger partial charge in [-0.15, -0.1) is 0 Å². The van der Waals surface area contributed by atoms with Gasteiger partial charge in [0.2, 0.25) is 10.0 Å². The summed E-state index contributed by atoms with van der Waals surface area (Å²) >= 11 is 0. The molecule has 0 N–H and O–H groups in total. The van der Waals surface area contributed by atoms with Crippen molar-refractivity contribution in [3.63, 3.8) is 0 Å². The second-order valence-electron chi connectivity index (χ2n) is 4.89.